The Kier molecular flexibility index (Phi) is 20.7. The first-order valence-electron chi connectivity index (χ1n) is 28.1. The van der Waals surface area contributed by atoms with Crippen LogP contribution in [0.5, 0.6) is 0 Å². The molecule has 18 atom stereocenters. The number of benzene rings is 3. The van der Waals surface area contributed by atoms with Gasteiger partial charge in [0.1, 0.15) is 23.1 Å². The second-order valence-electron chi connectivity index (χ2n) is 23.1. The average Bonchev–Trinajstić information content (AvgIpc) is 3.44. The Morgan fingerprint density at radius 3 is 2.04 bits per heavy atom. The number of rotatable bonds is 15. The molecule has 17 heteroatoms. The number of carbonyl (C=O) groups excluding carboxylic acids is 4. The van der Waals surface area contributed by atoms with Crippen LogP contribution >= 0.6 is 0 Å². The summed E-state index contributed by atoms with van der Waals surface area (Å²) in [5, 5.41) is 25.0. The fourth-order valence-electron chi connectivity index (χ4n) is 12.0. The number of fused-ring (bicyclic) bond motifs is 1. The van der Waals surface area contributed by atoms with E-state index < -0.39 is 126 Å². The minimum atomic E-state index is -2.07. The summed E-state index contributed by atoms with van der Waals surface area (Å²) in [5.41, 5.74) is -2.42. The van der Waals surface area contributed by atoms with E-state index in [4.69, 9.17) is 42.6 Å². The molecule has 3 aliphatic rings. The number of methoxy groups -OCH3 is 1. The number of cyclic esters (lactones) is 1. The lowest BCUT2D eigenvalue weighted by Gasteiger charge is -2.50. The second-order valence-corrected chi connectivity index (χ2v) is 23.1. The fourth-order valence-corrected chi connectivity index (χ4v) is 12.0. The number of hydrogen-bond acceptors (Lipinski definition) is 17. The van der Waals surface area contributed by atoms with Crippen molar-refractivity contribution in [1.82, 2.24) is 9.88 Å². The number of nitrogens with zero attached hydrogens (tertiary/aromatic N) is 2. The molecule has 3 aromatic carbocycles. The van der Waals surface area contributed by atoms with E-state index in [0.717, 1.165) is 16.5 Å². The molecule has 0 radical (unpaired) electrons. The molecule has 1 unspecified atom stereocenters. The first kappa shape index (κ1) is 62.1. The number of likely N-dealkylation sites (N-methyl/N-ethyl adjacent to an activating group) is 1. The highest BCUT2D eigenvalue weighted by molar-refractivity contribution is 5.90. The summed E-state index contributed by atoms with van der Waals surface area (Å²) in [6.07, 6.45) is -4.72. The molecule has 3 saturated heterocycles. The van der Waals surface area contributed by atoms with Crippen LogP contribution in [-0.2, 0) is 52.2 Å². The first-order valence-corrected chi connectivity index (χ1v) is 28.1. The standard InChI is InChI=1S/C63H84N2O15/c1-14-49-63(10,71)54(67)39(4)51(66)37(2)34-62(9,73-31-23-24-43-33-46-29-21-22-30-47(46)64-36-43)55(80-60-53(48(65(11)12)32-38(3)74-60)78-58(69)44-25-17-15-18-26-44)40(5)52(41(6)57(68)76-49)77-50-35-61(8,72-13)56(42(7)75-50)79-59(70)45-27-19-16-20-28-45/h15-30,33,36-42,48-50,52-56,60,67,71H,14,31-32,34-35H2,1-13H3/t37-,38-,39+,40+,41-,42+,48+,49?,50+,52+,53-,54-,55-,56+,60+,61-,62-,63-/m1/s1. The Bertz CT molecular complexity index is 2740. The zero-order valence-electron chi connectivity index (χ0n) is 48.7. The van der Waals surface area contributed by atoms with Crippen molar-refractivity contribution in [2.75, 3.05) is 27.8 Å². The van der Waals surface area contributed by atoms with Gasteiger partial charge >= 0.3 is 17.9 Å². The first-order chi connectivity index (χ1) is 37.9. The van der Waals surface area contributed by atoms with Gasteiger partial charge in [0, 0.05) is 42.9 Å². The molecule has 80 heavy (non-hydrogen) atoms. The van der Waals surface area contributed by atoms with Crippen LogP contribution < -0.4 is 0 Å². The summed E-state index contributed by atoms with van der Waals surface area (Å²) < 4.78 is 60.0. The van der Waals surface area contributed by atoms with Crippen molar-refractivity contribution in [2.24, 2.45) is 23.7 Å². The molecule has 2 N–H and O–H groups in total. The second kappa shape index (κ2) is 26.6. The molecule has 0 bridgehead atoms. The van der Waals surface area contributed by atoms with E-state index in [-0.39, 0.29) is 31.7 Å². The SMILES string of the molecule is CCC1OC(=O)[C@H](C)[C@@H](O[C@H]2C[C@@](C)(OC)[C@@H](OC(=O)c3ccccc3)[C@H](C)O2)[C@H](C)[C@@H](O[C@@H]2O[C@H](C)C[C@H](N(C)C)[C@H]2OC(=O)c2ccccc2)[C@](C)(OCC=Cc2cnc3ccccc3c2)C[C@@H](C)C(=O)[C@H](C)[C@@H](O)[C@]1(C)O. The van der Waals surface area contributed by atoms with Gasteiger partial charge in [-0.3, -0.25) is 14.6 Å². The normalized spacial score (nSPS) is 35.8. The Morgan fingerprint density at radius 2 is 1.41 bits per heavy atom. The summed E-state index contributed by atoms with van der Waals surface area (Å²) >= 11 is 0. The van der Waals surface area contributed by atoms with Crippen molar-refractivity contribution in [3.63, 3.8) is 0 Å². The lowest BCUT2D eigenvalue weighted by Crippen LogP contribution is -2.62. The van der Waals surface area contributed by atoms with Crippen molar-refractivity contribution in [3.8, 4) is 0 Å². The Morgan fingerprint density at radius 1 is 0.787 bits per heavy atom. The predicted octanol–water partition coefficient (Wildman–Crippen LogP) is 8.80. The van der Waals surface area contributed by atoms with E-state index in [1.54, 1.807) is 108 Å². The van der Waals surface area contributed by atoms with Crippen LogP contribution in [0.1, 0.15) is 121 Å². The van der Waals surface area contributed by atoms with Crippen LogP contribution in [0.15, 0.2) is 103 Å². The van der Waals surface area contributed by atoms with E-state index in [2.05, 4.69) is 4.98 Å². The van der Waals surface area contributed by atoms with Gasteiger partial charge in [-0.15, -0.1) is 0 Å². The van der Waals surface area contributed by atoms with Gasteiger partial charge in [-0.2, -0.15) is 0 Å². The van der Waals surface area contributed by atoms with Crippen molar-refractivity contribution >= 4 is 40.7 Å². The molecule has 3 fully saturated rings. The zero-order chi connectivity index (χ0) is 58.3. The summed E-state index contributed by atoms with van der Waals surface area (Å²) in [6, 6.07) is 26.6. The van der Waals surface area contributed by atoms with Gasteiger partial charge in [-0.1, -0.05) is 94.4 Å². The molecule has 436 valence electrons. The van der Waals surface area contributed by atoms with Gasteiger partial charge in [0.05, 0.1) is 71.3 Å². The number of pyridine rings is 1. The number of carbonyl (C=O) groups is 4. The number of ketones is 1. The van der Waals surface area contributed by atoms with Crippen LogP contribution in [0.2, 0.25) is 0 Å². The molecule has 3 aliphatic heterocycles. The largest absolute Gasteiger partial charge is 0.459 e. The highest BCUT2D eigenvalue weighted by atomic mass is 16.7. The maximum absolute atomic E-state index is 15.0. The number of para-hydroxylation sites is 1. The van der Waals surface area contributed by atoms with Crippen molar-refractivity contribution in [3.05, 3.63) is 120 Å². The number of ether oxygens (including phenoxy) is 9. The molecule has 0 spiro atoms. The third kappa shape index (κ3) is 14.2. The van der Waals surface area contributed by atoms with E-state index in [9.17, 15) is 29.4 Å². The zero-order valence-corrected chi connectivity index (χ0v) is 48.7. The number of Topliss-reactive ketones (excluding diaryl/α,β-unsaturated/α-hetero) is 1. The molecular weight excluding hydrogens is 1020 g/mol. The van der Waals surface area contributed by atoms with E-state index in [0.29, 0.717) is 17.5 Å². The molecular formula is C63H84N2O15. The van der Waals surface area contributed by atoms with Gasteiger partial charge in [-0.25, -0.2) is 9.59 Å². The molecule has 7 rings (SSSR count). The van der Waals surface area contributed by atoms with Gasteiger partial charge in [-0.05, 0) is 117 Å². The molecule has 4 aromatic rings. The molecule has 4 heterocycles. The van der Waals surface area contributed by atoms with Crippen LogP contribution in [0, 0.1) is 23.7 Å². The van der Waals surface area contributed by atoms with Gasteiger partial charge in [0.15, 0.2) is 24.8 Å². The lowest BCUT2D eigenvalue weighted by molar-refractivity contribution is -0.319. The van der Waals surface area contributed by atoms with Gasteiger partial charge in [0.2, 0.25) is 0 Å². The van der Waals surface area contributed by atoms with Crippen LogP contribution in [0.25, 0.3) is 17.0 Å². The molecule has 1 aromatic heterocycles. The fraction of sp³-hybridized carbons (Fsp3) is 0.571. The third-order valence-electron chi connectivity index (χ3n) is 16.7. The maximum Gasteiger partial charge on any atom is 0.338 e. The number of aliphatic hydroxyl groups is 2. The average molecular weight is 1110 g/mol. The molecule has 0 amide bonds. The van der Waals surface area contributed by atoms with Crippen LogP contribution in [-0.4, -0.2) is 156 Å². The van der Waals surface area contributed by atoms with E-state index >= 15 is 0 Å². The maximum atomic E-state index is 15.0. The van der Waals surface area contributed by atoms with E-state index in [1.807, 2.05) is 82.3 Å². The number of esters is 3. The molecule has 0 aliphatic carbocycles. The topological polar surface area (TPSA) is 208 Å². The van der Waals surface area contributed by atoms with Crippen LogP contribution in [0.3, 0.4) is 0 Å². The third-order valence-corrected chi connectivity index (χ3v) is 16.7. The molecule has 17 nitrogen and oxygen atoms in total. The summed E-state index contributed by atoms with van der Waals surface area (Å²) in [4.78, 5) is 64.1. The Labute approximate surface area is 471 Å². The van der Waals surface area contributed by atoms with Gasteiger partial charge in [0.25, 0.3) is 0 Å². The summed E-state index contributed by atoms with van der Waals surface area (Å²) in [7, 11) is 5.30. The summed E-state index contributed by atoms with van der Waals surface area (Å²) in [5.74, 6) is -6.36. The smallest absolute Gasteiger partial charge is 0.338 e. The Balaban J connectivity index is 1.36. The number of aromatic nitrogens is 1. The van der Waals surface area contributed by atoms with Gasteiger partial charge < -0.3 is 57.7 Å². The van der Waals surface area contributed by atoms with Crippen molar-refractivity contribution in [1.29, 1.82) is 0 Å². The quantitative estimate of drug-likeness (QED) is 0.0842. The number of hydrogen-bond donors (Lipinski definition) is 2. The Hall–Kier alpha value is -5.47. The number of aliphatic hydroxyl groups excluding tert-OH is 1. The van der Waals surface area contributed by atoms with Crippen molar-refractivity contribution < 1.29 is 72.0 Å². The van der Waals surface area contributed by atoms with Crippen molar-refractivity contribution in [2.45, 2.75) is 179 Å². The molecule has 0 saturated carbocycles. The minimum absolute atomic E-state index is 0.0157. The predicted molar refractivity (Wildman–Crippen MR) is 300 cm³/mol. The monoisotopic (exact) mass is 1110 g/mol. The lowest BCUT2D eigenvalue weighted by atomic mass is 9.73. The highest BCUT2D eigenvalue weighted by Crippen LogP contribution is 2.43. The highest BCUT2D eigenvalue weighted by Gasteiger charge is 2.55. The summed E-state index contributed by atoms with van der Waals surface area (Å²) in [6.45, 7) is 17.2. The van der Waals surface area contributed by atoms with E-state index in [1.165, 1.54) is 14.0 Å². The van der Waals surface area contributed by atoms with Crippen LogP contribution in [0.4, 0.5) is 0 Å². The minimum Gasteiger partial charge on any atom is -0.459 e.